The van der Waals surface area contributed by atoms with E-state index in [2.05, 4.69) is 52.9 Å². The number of Topliss-reactive ketones (excluding diaryl/α,β-unsaturated/α-hetero) is 3. The van der Waals surface area contributed by atoms with Gasteiger partial charge >= 0.3 is 0 Å². The number of aromatic amines is 1. The lowest BCUT2D eigenvalue weighted by molar-refractivity contribution is 0.101. The highest BCUT2D eigenvalue weighted by atomic mass is 32.2. The van der Waals surface area contributed by atoms with Crippen LogP contribution in [-0.2, 0) is 37.3 Å². The number of allylic oxidation sites excluding steroid dienone is 1. The smallest absolute Gasteiger partial charge is 0.258 e. The van der Waals surface area contributed by atoms with Gasteiger partial charge in [0.1, 0.15) is 0 Å². The minimum atomic E-state index is -0.125. The van der Waals surface area contributed by atoms with E-state index in [-0.39, 0.29) is 62.1 Å². The number of carbonyl (C=O) groups excluding carboxylic acids is 3. The number of nitrogens with one attached hydrogen (secondary N) is 1. The molecule has 434 valence electrons. The normalized spacial score (nSPS) is 14.5. The van der Waals surface area contributed by atoms with Crippen LogP contribution in [0.15, 0.2) is 212 Å². The molecule has 2 spiro atoms. The number of aromatic nitrogens is 6. The van der Waals surface area contributed by atoms with Crippen molar-refractivity contribution in [2.45, 2.75) is 104 Å². The Balaban J connectivity index is 0.000000135. The second kappa shape index (κ2) is 26.6. The summed E-state index contributed by atoms with van der Waals surface area (Å²) < 4.78 is 3.22. The maximum atomic E-state index is 13.9. The number of hydrogen-bond donors (Lipinski definition) is 1. The van der Waals surface area contributed by atoms with Gasteiger partial charge in [-0.2, -0.15) is 0 Å². The van der Waals surface area contributed by atoms with Gasteiger partial charge in [0.15, 0.2) is 32.8 Å². The Hall–Kier alpha value is -8.24. The van der Waals surface area contributed by atoms with Gasteiger partial charge in [-0.1, -0.05) is 237 Å². The molecule has 9 aromatic rings. The molecule has 4 aliphatic rings. The van der Waals surface area contributed by atoms with Crippen molar-refractivity contribution in [1.82, 2.24) is 29.1 Å². The largest absolute Gasteiger partial charge is 0.301 e. The van der Waals surface area contributed by atoms with Crippen molar-refractivity contribution in [1.29, 1.82) is 0 Å². The minimum Gasteiger partial charge on any atom is -0.301 e. The lowest BCUT2D eigenvalue weighted by Gasteiger charge is -2.36. The van der Waals surface area contributed by atoms with Crippen LogP contribution in [0, 0.1) is 6.92 Å². The van der Waals surface area contributed by atoms with Gasteiger partial charge in [-0.3, -0.25) is 37.9 Å². The van der Waals surface area contributed by atoms with Crippen molar-refractivity contribution in [2.75, 3.05) is 17.3 Å². The lowest BCUT2D eigenvalue weighted by Crippen LogP contribution is -2.40. The van der Waals surface area contributed by atoms with Crippen molar-refractivity contribution in [3.05, 3.63) is 258 Å². The van der Waals surface area contributed by atoms with Crippen molar-refractivity contribution < 1.29 is 14.4 Å². The fraction of sp³-hybridized carbons (Fsp3) is 0.254. The first-order chi connectivity index (χ1) is 41.9. The number of thioether (sulfide) groups is 3. The molecule has 0 atom stereocenters. The first-order valence-electron chi connectivity index (χ1n) is 29.2. The maximum absolute atomic E-state index is 13.9. The molecule has 0 saturated heterocycles. The van der Waals surface area contributed by atoms with E-state index in [1.807, 2.05) is 121 Å². The van der Waals surface area contributed by atoms with Crippen LogP contribution in [-0.4, -0.2) is 63.7 Å². The number of benzene rings is 6. The summed E-state index contributed by atoms with van der Waals surface area (Å²) in [5.41, 5.74) is 11.9. The third kappa shape index (κ3) is 12.5. The average molecular weight is 1200 g/mol. The Morgan fingerprint density at radius 1 is 0.523 bits per heavy atom. The molecule has 2 fully saturated rings. The number of fused-ring (bicyclic) bond motifs is 8. The van der Waals surface area contributed by atoms with E-state index in [1.165, 1.54) is 51.0 Å². The van der Waals surface area contributed by atoms with Gasteiger partial charge in [0, 0.05) is 63.4 Å². The van der Waals surface area contributed by atoms with Gasteiger partial charge in [0.05, 0.1) is 45.5 Å². The molecule has 4 aliphatic carbocycles. The van der Waals surface area contributed by atoms with E-state index in [1.54, 1.807) is 36.7 Å². The summed E-state index contributed by atoms with van der Waals surface area (Å²) in [6.07, 6.45) is 12.3. The fourth-order valence-electron chi connectivity index (χ4n) is 12.7. The molecule has 0 amide bonds. The maximum Gasteiger partial charge on any atom is 0.258 e. The molecule has 3 heterocycles. The molecular weight excluding hydrogens is 1130 g/mol. The second-order valence-corrected chi connectivity index (χ2v) is 25.2. The van der Waals surface area contributed by atoms with Crippen molar-refractivity contribution in [3.8, 4) is 33.8 Å². The Bertz CT molecular complexity index is 4170. The SMILES string of the molecule is C=CCn1c(SCC(=O)c2ccccc2)nc2c(c1=O)C1(CCCC1)Cc1ccccc1-2.Cc1c(-c2ccccc2)nc(SCC(=O)c2ccccc2)n(C)c1=O.O=C(CSc1nc2c(c(=O)[nH]1)C1(CCCC1)Cc1ccccc1-2)c1ccccc1. The minimum absolute atomic E-state index is 0.0154. The standard InChI is InChI=1S/C27H26N2O2S.C24H22N2O2S.C20H18N2O2S/c1-2-16-29-25(31)23-24(28-26(29)32-18-22(30)19-10-4-3-5-11-19)21-13-7-6-12-20(21)17-27(23)14-8-9-15-27;27-19(16-8-2-1-3-9-16)15-29-23-25-21-18-11-5-4-10-17(18)14-24(12-6-7-13-24)20(21)22(28)26-23;1-14-18(16-11-7-4-8-12-16)21-20(22(2)19(14)24)25-13-17(23)15-9-5-3-6-10-15/h2-7,10-13H,1,8-9,14-18H2;1-5,8-11H,6-7,12-15H2,(H,25,26,28);3-12H,13H2,1-2H3. The lowest BCUT2D eigenvalue weighted by atomic mass is 9.68. The molecular formula is C71H66N6O6S3. The third-order valence-corrected chi connectivity index (χ3v) is 19.8. The van der Waals surface area contributed by atoms with Crippen molar-refractivity contribution in [3.63, 3.8) is 0 Å². The number of hydrogen-bond acceptors (Lipinski definition) is 12. The van der Waals surface area contributed by atoms with E-state index < -0.39 is 0 Å². The zero-order valence-electron chi connectivity index (χ0n) is 48.3. The van der Waals surface area contributed by atoms with E-state index in [0.29, 0.717) is 50.0 Å². The van der Waals surface area contributed by atoms with Crippen LogP contribution in [0.25, 0.3) is 33.8 Å². The highest BCUT2D eigenvalue weighted by Gasteiger charge is 2.46. The molecule has 2 saturated carbocycles. The van der Waals surface area contributed by atoms with E-state index >= 15 is 0 Å². The average Bonchev–Trinajstić information content (AvgIpc) is 1.24. The van der Waals surface area contributed by atoms with Crippen molar-refractivity contribution >= 4 is 52.6 Å². The summed E-state index contributed by atoms with van der Waals surface area (Å²) >= 11 is 3.92. The molecule has 15 heteroatoms. The van der Waals surface area contributed by atoms with Crippen LogP contribution in [0.1, 0.15) is 110 Å². The molecule has 0 bridgehead atoms. The summed E-state index contributed by atoms with van der Waals surface area (Å²) in [5.74, 6) is 0.796. The zero-order valence-corrected chi connectivity index (χ0v) is 50.7. The van der Waals surface area contributed by atoms with Crippen molar-refractivity contribution in [2.24, 2.45) is 7.05 Å². The highest BCUT2D eigenvalue weighted by molar-refractivity contribution is 8.00. The third-order valence-electron chi connectivity index (χ3n) is 16.9. The fourth-order valence-corrected chi connectivity index (χ4v) is 15.2. The van der Waals surface area contributed by atoms with Crippen LogP contribution in [0.2, 0.25) is 0 Å². The number of rotatable bonds is 15. The first-order valence-corrected chi connectivity index (χ1v) is 32.2. The van der Waals surface area contributed by atoms with Crippen LogP contribution in [0.4, 0.5) is 0 Å². The summed E-state index contributed by atoms with van der Waals surface area (Å²) in [5, 5.41) is 1.64. The van der Waals surface area contributed by atoms with E-state index in [0.717, 1.165) is 103 Å². The van der Waals surface area contributed by atoms with Gasteiger partial charge in [-0.25, -0.2) is 15.0 Å². The van der Waals surface area contributed by atoms with E-state index in [9.17, 15) is 28.8 Å². The topological polar surface area (TPSA) is 167 Å². The number of H-pyrrole nitrogens is 1. The van der Waals surface area contributed by atoms with Crippen LogP contribution in [0.5, 0.6) is 0 Å². The van der Waals surface area contributed by atoms with Gasteiger partial charge < -0.3 is 4.98 Å². The van der Waals surface area contributed by atoms with Crippen LogP contribution < -0.4 is 16.7 Å². The Kier molecular flexibility index (Phi) is 18.4. The molecule has 3 aromatic heterocycles. The van der Waals surface area contributed by atoms with Crippen LogP contribution >= 0.6 is 35.3 Å². The summed E-state index contributed by atoms with van der Waals surface area (Å²) in [6.45, 7) is 6.02. The molecule has 86 heavy (non-hydrogen) atoms. The quantitative estimate of drug-likeness (QED) is 0.0447. The summed E-state index contributed by atoms with van der Waals surface area (Å²) in [6, 6.07) is 53.8. The van der Waals surface area contributed by atoms with Gasteiger partial charge in [0.25, 0.3) is 16.7 Å². The monoisotopic (exact) mass is 1190 g/mol. The molecule has 0 aliphatic heterocycles. The zero-order chi connectivity index (χ0) is 59.8. The summed E-state index contributed by atoms with van der Waals surface area (Å²) in [7, 11) is 1.69. The highest BCUT2D eigenvalue weighted by Crippen LogP contribution is 2.51. The Labute approximate surface area is 513 Å². The van der Waals surface area contributed by atoms with E-state index in [4.69, 9.17) is 9.97 Å². The first kappa shape index (κ1) is 59.5. The summed E-state index contributed by atoms with van der Waals surface area (Å²) in [4.78, 5) is 94.6. The Morgan fingerprint density at radius 2 is 0.942 bits per heavy atom. The molecule has 0 unspecified atom stereocenters. The molecule has 6 aromatic carbocycles. The number of carbonyl (C=O) groups is 3. The molecule has 13 rings (SSSR count). The molecule has 12 nitrogen and oxygen atoms in total. The molecule has 0 radical (unpaired) electrons. The number of nitrogens with zero attached hydrogens (tertiary/aromatic N) is 5. The second-order valence-electron chi connectivity index (χ2n) is 22.4. The Morgan fingerprint density at radius 3 is 1.44 bits per heavy atom. The predicted octanol–water partition coefficient (Wildman–Crippen LogP) is 13.9. The van der Waals surface area contributed by atoms with Gasteiger partial charge in [-0.15, -0.1) is 6.58 Å². The predicted molar refractivity (Wildman–Crippen MR) is 346 cm³/mol. The molecule has 1 N–H and O–H groups in total. The van der Waals surface area contributed by atoms with Crippen LogP contribution in [0.3, 0.4) is 0 Å². The van der Waals surface area contributed by atoms with Gasteiger partial charge in [-0.05, 0) is 56.6 Å². The van der Waals surface area contributed by atoms with Gasteiger partial charge in [0.2, 0.25) is 0 Å². The number of ketones is 3.